The summed E-state index contributed by atoms with van der Waals surface area (Å²) in [7, 11) is 1.87. The Balaban J connectivity index is 1.72. The van der Waals surface area contributed by atoms with Gasteiger partial charge in [-0.3, -0.25) is 4.79 Å². The molecule has 3 aromatic rings. The normalized spacial score (nSPS) is 10.8. The van der Waals surface area contributed by atoms with E-state index in [2.05, 4.69) is 10.2 Å². The van der Waals surface area contributed by atoms with E-state index in [4.69, 9.17) is 17.3 Å². The van der Waals surface area contributed by atoms with Crippen LogP contribution >= 0.6 is 23.4 Å². The lowest BCUT2D eigenvalue weighted by Gasteiger charge is -2.04. The Morgan fingerprint density at radius 2 is 1.96 bits per heavy atom. The van der Waals surface area contributed by atoms with Crippen LogP contribution in [-0.2, 0) is 7.05 Å². The van der Waals surface area contributed by atoms with Crippen LogP contribution < -0.4 is 5.73 Å². The van der Waals surface area contributed by atoms with Gasteiger partial charge in [-0.2, -0.15) is 0 Å². The number of aromatic nitrogens is 3. The number of hydrogen-bond donors (Lipinski definition) is 1. The number of ketones is 1. The molecule has 7 heteroatoms. The number of carbonyl (C=O) groups is 1. The van der Waals surface area contributed by atoms with Gasteiger partial charge in [-0.15, -0.1) is 10.2 Å². The molecular weight excluding hydrogens is 344 g/mol. The van der Waals surface area contributed by atoms with Crippen molar-refractivity contribution < 1.29 is 4.79 Å². The van der Waals surface area contributed by atoms with E-state index in [9.17, 15) is 4.79 Å². The molecule has 0 fully saturated rings. The third kappa shape index (κ3) is 3.60. The number of hydrogen-bond acceptors (Lipinski definition) is 5. The molecule has 0 unspecified atom stereocenters. The fourth-order valence-electron chi connectivity index (χ4n) is 2.22. The van der Waals surface area contributed by atoms with Gasteiger partial charge in [0.25, 0.3) is 0 Å². The van der Waals surface area contributed by atoms with Crippen LogP contribution in [0.4, 0.5) is 5.69 Å². The first-order chi connectivity index (χ1) is 11.5. The van der Waals surface area contributed by atoms with Gasteiger partial charge in [0.2, 0.25) is 0 Å². The first-order valence-corrected chi connectivity index (χ1v) is 8.58. The lowest BCUT2D eigenvalue weighted by Crippen LogP contribution is -2.03. The number of rotatable bonds is 5. The predicted octanol–water partition coefficient (Wildman–Crippen LogP) is 3.69. The smallest absolute Gasteiger partial charge is 0.191 e. The Morgan fingerprint density at radius 1 is 1.21 bits per heavy atom. The van der Waals surface area contributed by atoms with Gasteiger partial charge < -0.3 is 10.3 Å². The van der Waals surface area contributed by atoms with Gasteiger partial charge in [0.15, 0.2) is 16.8 Å². The number of anilines is 1. The van der Waals surface area contributed by atoms with Crippen LogP contribution in [0.1, 0.15) is 10.4 Å². The summed E-state index contributed by atoms with van der Waals surface area (Å²) in [5, 5.41) is 9.65. The lowest BCUT2D eigenvalue weighted by molar-refractivity contribution is 0.102. The van der Waals surface area contributed by atoms with E-state index in [-0.39, 0.29) is 11.5 Å². The maximum absolute atomic E-state index is 12.2. The average molecular weight is 359 g/mol. The zero-order chi connectivity index (χ0) is 17.1. The highest BCUT2D eigenvalue weighted by atomic mass is 35.5. The first-order valence-electron chi connectivity index (χ1n) is 7.21. The Morgan fingerprint density at radius 3 is 2.67 bits per heavy atom. The topological polar surface area (TPSA) is 73.8 Å². The summed E-state index contributed by atoms with van der Waals surface area (Å²) in [4.78, 5) is 12.2. The van der Waals surface area contributed by atoms with Gasteiger partial charge in [0.05, 0.1) is 5.75 Å². The molecule has 1 aromatic heterocycles. The molecule has 0 aliphatic rings. The molecule has 2 N–H and O–H groups in total. The third-order valence-corrected chi connectivity index (χ3v) is 4.75. The molecule has 3 rings (SSSR count). The number of nitrogens with zero attached hydrogens (tertiary/aromatic N) is 3. The highest BCUT2D eigenvalue weighted by Gasteiger charge is 2.14. The van der Waals surface area contributed by atoms with Gasteiger partial charge >= 0.3 is 0 Å². The number of halogens is 1. The van der Waals surface area contributed by atoms with Gasteiger partial charge in [0, 0.05) is 28.9 Å². The van der Waals surface area contributed by atoms with Crippen LogP contribution in [0.2, 0.25) is 5.02 Å². The number of nitrogens with two attached hydrogens (primary N) is 1. The zero-order valence-corrected chi connectivity index (χ0v) is 14.5. The summed E-state index contributed by atoms with van der Waals surface area (Å²) in [5.74, 6) is 1.01. The minimum absolute atomic E-state index is 0.0187. The Bertz CT molecular complexity index is 877. The second-order valence-corrected chi connectivity index (χ2v) is 6.59. The van der Waals surface area contributed by atoms with Crippen molar-refractivity contribution in [2.24, 2.45) is 7.05 Å². The van der Waals surface area contributed by atoms with Crippen molar-refractivity contribution in [3.05, 3.63) is 59.1 Å². The molecule has 2 aromatic carbocycles. The van der Waals surface area contributed by atoms with Gasteiger partial charge in [-0.25, -0.2) is 0 Å². The van der Waals surface area contributed by atoms with Crippen molar-refractivity contribution in [3.63, 3.8) is 0 Å². The minimum Gasteiger partial charge on any atom is -0.399 e. The van der Waals surface area contributed by atoms with E-state index in [1.165, 1.54) is 11.8 Å². The third-order valence-electron chi connectivity index (χ3n) is 3.48. The van der Waals surface area contributed by atoms with Crippen molar-refractivity contribution >= 4 is 34.8 Å². The molecular formula is C17H15ClN4OS. The summed E-state index contributed by atoms with van der Waals surface area (Å²) in [5.41, 5.74) is 8.00. The molecule has 0 spiro atoms. The van der Waals surface area contributed by atoms with E-state index in [1.807, 2.05) is 35.9 Å². The highest BCUT2D eigenvalue weighted by molar-refractivity contribution is 7.99. The standard InChI is InChI=1S/C17H15ClN4OS/c1-22-16(12-3-2-4-14(19)9-12)20-21-17(22)24-10-15(23)11-5-7-13(18)8-6-11/h2-9H,10,19H2,1H3. The maximum atomic E-state index is 12.2. The highest BCUT2D eigenvalue weighted by Crippen LogP contribution is 2.24. The largest absolute Gasteiger partial charge is 0.399 e. The van der Waals surface area contributed by atoms with E-state index in [0.29, 0.717) is 27.3 Å². The van der Waals surface area contributed by atoms with Gasteiger partial charge in [0.1, 0.15) is 0 Å². The second kappa shape index (κ2) is 7.07. The van der Waals surface area contributed by atoms with E-state index in [0.717, 1.165) is 5.56 Å². The van der Waals surface area contributed by atoms with Crippen LogP contribution in [-0.4, -0.2) is 26.3 Å². The molecule has 0 aliphatic carbocycles. The molecule has 1 heterocycles. The van der Waals surface area contributed by atoms with Crippen LogP contribution in [0, 0.1) is 0 Å². The number of Topliss-reactive ketones (excluding diaryl/α,β-unsaturated/α-hetero) is 1. The SMILES string of the molecule is Cn1c(SCC(=O)c2ccc(Cl)cc2)nnc1-c1cccc(N)c1. The quantitative estimate of drug-likeness (QED) is 0.427. The molecule has 5 nitrogen and oxygen atoms in total. The summed E-state index contributed by atoms with van der Waals surface area (Å²) in [6, 6.07) is 14.3. The molecule has 24 heavy (non-hydrogen) atoms. The Labute approximate surface area is 148 Å². The number of carbonyl (C=O) groups excluding carboxylic acids is 1. The lowest BCUT2D eigenvalue weighted by atomic mass is 10.1. The summed E-state index contributed by atoms with van der Waals surface area (Å²) in [6.45, 7) is 0. The van der Waals surface area contributed by atoms with Crippen LogP contribution in [0.25, 0.3) is 11.4 Å². The number of thioether (sulfide) groups is 1. The number of benzene rings is 2. The zero-order valence-electron chi connectivity index (χ0n) is 12.9. The van der Waals surface area contributed by atoms with Crippen LogP contribution in [0.3, 0.4) is 0 Å². The Hall–Kier alpha value is -2.31. The molecule has 0 bridgehead atoms. The summed E-state index contributed by atoms with van der Waals surface area (Å²) in [6.07, 6.45) is 0. The molecule has 122 valence electrons. The maximum Gasteiger partial charge on any atom is 0.191 e. The van der Waals surface area contributed by atoms with E-state index >= 15 is 0 Å². The fraction of sp³-hybridized carbons (Fsp3) is 0.118. The molecule has 0 atom stereocenters. The van der Waals surface area contributed by atoms with Crippen molar-refractivity contribution in [2.45, 2.75) is 5.16 Å². The Kier molecular flexibility index (Phi) is 4.87. The second-order valence-electron chi connectivity index (χ2n) is 5.21. The number of nitrogen functional groups attached to an aromatic ring is 1. The molecule has 0 aliphatic heterocycles. The fourth-order valence-corrected chi connectivity index (χ4v) is 3.15. The van der Waals surface area contributed by atoms with Crippen molar-refractivity contribution in [2.75, 3.05) is 11.5 Å². The average Bonchev–Trinajstić information content (AvgIpc) is 2.94. The van der Waals surface area contributed by atoms with E-state index < -0.39 is 0 Å². The molecule has 0 saturated heterocycles. The van der Waals surface area contributed by atoms with Crippen molar-refractivity contribution in [1.29, 1.82) is 0 Å². The summed E-state index contributed by atoms with van der Waals surface area (Å²) >= 11 is 7.18. The minimum atomic E-state index is 0.0187. The van der Waals surface area contributed by atoms with Crippen LogP contribution in [0.5, 0.6) is 0 Å². The van der Waals surface area contributed by atoms with Crippen molar-refractivity contribution in [1.82, 2.24) is 14.8 Å². The van der Waals surface area contributed by atoms with Gasteiger partial charge in [-0.05, 0) is 36.4 Å². The van der Waals surface area contributed by atoms with Gasteiger partial charge in [-0.1, -0.05) is 35.5 Å². The molecule has 0 amide bonds. The monoisotopic (exact) mass is 358 g/mol. The molecule has 0 saturated carbocycles. The first kappa shape index (κ1) is 16.5. The van der Waals surface area contributed by atoms with E-state index in [1.54, 1.807) is 24.3 Å². The van der Waals surface area contributed by atoms with Crippen LogP contribution in [0.15, 0.2) is 53.7 Å². The predicted molar refractivity (Wildman–Crippen MR) is 97.4 cm³/mol. The van der Waals surface area contributed by atoms with Crippen molar-refractivity contribution in [3.8, 4) is 11.4 Å². The molecule has 0 radical (unpaired) electrons. The summed E-state index contributed by atoms with van der Waals surface area (Å²) < 4.78 is 1.86.